The van der Waals surface area contributed by atoms with Gasteiger partial charge in [-0.3, -0.25) is 4.79 Å². The normalized spacial score (nSPS) is 22.9. The van der Waals surface area contributed by atoms with E-state index < -0.39 is 12.0 Å². The summed E-state index contributed by atoms with van der Waals surface area (Å²) in [5.74, 6) is -1.40. The van der Waals surface area contributed by atoms with Gasteiger partial charge in [0.1, 0.15) is 0 Å². The van der Waals surface area contributed by atoms with E-state index in [1.807, 2.05) is 0 Å². The minimum Gasteiger partial charge on any atom is -0.480 e. The fourth-order valence-electron chi connectivity index (χ4n) is 1.73. The van der Waals surface area contributed by atoms with E-state index in [4.69, 9.17) is 15.6 Å². The van der Waals surface area contributed by atoms with Crippen LogP contribution in [0.25, 0.3) is 0 Å². The van der Waals surface area contributed by atoms with Crippen molar-refractivity contribution in [1.29, 1.82) is 0 Å². The van der Waals surface area contributed by atoms with E-state index in [0.29, 0.717) is 26.1 Å². The average molecular weight is 230 g/mol. The molecule has 0 saturated carbocycles. The van der Waals surface area contributed by atoms with E-state index in [1.54, 1.807) is 6.92 Å². The van der Waals surface area contributed by atoms with Gasteiger partial charge in [-0.05, 0) is 13.0 Å². The number of amides is 1. The van der Waals surface area contributed by atoms with Gasteiger partial charge in [0.15, 0.2) is 6.04 Å². The highest BCUT2D eigenvalue weighted by Gasteiger charge is 2.34. The molecule has 2 unspecified atom stereocenters. The van der Waals surface area contributed by atoms with Crippen molar-refractivity contribution in [1.82, 2.24) is 4.90 Å². The first-order valence-electron chi connectivity index (χ1n) is 5.39. The van der Waals surface area contributed by atoms with E-state index in [-0.39, 0.29) is 18.4 Å². The number of morpholine rings is 1. The molecule has 0 aromatic rings. The van der Waals surface area contributed by atoms with Crippen LogP contribution in [0.3, 0.4) is 0 Å². The van der Waals surface area contributed by atoms with Crippen molar-refractivity contribution in [3.05, 3.63) is 0 Å². The van der Waals surface area contributed by atoms with E-state index in [9.17, 15) is 9.59 Å². The van der Waals surface area contributed by atoms with Crippen molar-refractivity contribution in [3.8, 4) is 0 Å². The number of carbonyl (C=O) groups excluding carboxylic acids is 1. The Hall–Kier alpha value is -1.14. The molecule has 1 rings (SSSR count). The zero-order valence-electron chi connectivity index (χ0n) is 9.39. The lowest BCUT2D eigenvalue weighted by Gasteiger charge is -2.34. The van der Waals surface area contributed by atoms with Crippen LogP contribution in [0.5, 0.6) is 0 Å². The predicted molar refractivity (Wildman–Crippen MR) is 56.8 cm³/mol. The second kappa shape index (κ2) is 5.81. The molecule has 1 heterocycles. The van der Waals surface area contributed by atoms with Gasteiger partial charge in [-0.1, -0.05) is 6.92 Å². The number of rotatable bonds is 4. The lowest BCUT2D eigenvalue weighted by molar-refractivity contribution is -0.160. The van der Waals surface area contributed by atoms with Crippen LogP contribution in [0.4, 0.5) is 0 Å². The van der Waals surface area contributed by atoms with E-state index in [0.717, 1.165) is 0 Å². The Balaban J connectivity index is 2.67. The third-order valence-electron chi connectivity index (χ3n) is 2.72. The van der Waals surface area contributed by atoms with Gasteiger partial charge < -0.3 is 20.5 Å². The number of hydrogen-bond acceptors (Lipinski definition) is 4. The Kier molecular flexibility index (Phi) is 4.70. The van der Waals surface area contributed by atoms with E-state index in [2.05, 4.69) is 0 Å². The van der Waals surface area contributed by atoms with Crippen molar-refractivity contribution in [3.63, 3.8) is 0 Å². The Labute approximate surface area is 94.3 Å². The quantitative estimate of drug-likeness (QED) is 0.665. The van der Waals surface area contributed by atoms with E-state index in [1.165, 1.54) is 4.90 Å². The van der Waals surface area contributed by atoms with Gasteiger partial charge in [-0.15, -0.1) is 0 Å². The van der Waals surface area contributed by atoms with Gasteiger partial charge >= 0.3 is 5.97 Å². The standard InChI is InChI=1S/C10H18N2O4/c1-7(2-3-11)9(13)12-4-5-16-6-8(12)10(14)15/h7-8H,2-6,11H2,1H3,(H,14,15). The smallest absolute Gasteiger partial charge is 0.328 e. The van der Waals surface area contributed by atoms with E-state index >= 15 is 0 Å². The fourth-order valence-corrected chi connectivity index (χ4v) is 1.73. The molecule has 6 heteroatoms. The molecule has 0 aliphatic carbocycles. The molecule has 1 aliphatic heterocycles. The molecule has 16 heavy (non-hydrogen) atoms. The van der Waals surface area contributed by atoms with Crippen LogP contribution in [-0.2, 0) is 14.3 Å². The van der Waals surface area contributed by atoms with Crippen molar-refractivity contribution in [2.24, 2.45) is 11.7 Å². The van der Waals surface area contributed by atoms with Crippen LogP contribution < -0.4 is 5.73 Å². The molecular formula is C10H18N2O4. The van der Waals surface area contributed by atoms with Crippen LogP contribution >= 0.6 is 0 Å². The summed E-state index contributed by atoms with van der Waals surface area (Å²) in [5.41, 5.74) is 5.38. The first-order valence-corrected chi connectivity index (χ1v) is 5.39. The van der Waals surface area contributed by atoms with Gasteiger partial charge in [-0.2, -0.15) is 0 Å². The molecule has 0 aromatic heterocycles. The minimum atomic E-state index is -1.02. The third kappa shape index (κ3) is 2.93. The molecule has 1 fully saturated rings. The summed E-state index contributed by atoms with van der Waals surface area (Å²) >= 11 is 0. The van der Waals surface area contributed by atoms with Crippen molar-refractivity contribution < 1.29 is 19.4 Å². The number of carbonyl (C=O) groups is 2. The maximum atomic E-state index is 12.0. The lowest BCUT2D eigenvalue weighted by Crippen LogP contribution is -2.54. The number of ether oxygens (including phenoxy) is 1. The fraction of sp³-hybridized carbons (Fsp3) is 0.800. The second-order valence-electron chi connectivity index (χ2n) is 3.94. The summed E-state index contributed by atoms with van der Waals surface area (Å²) in [6.45, 7) is 2.99. The number of nitrogens with two attached hydrogens (primary N) is 1. The molecule has 2 atom stereocenters. The van der Waals surface area contributed by atoms with Gasteiger partial charge in [-0.25, -0.2) is 4.79 Å². The van der Waals surface area contributed by atoms with Crippen LogP contribution in [0.1, 0.15) is 13.3 Å². The molecule has 0 aromatic carbocycles. The number of carboxylic acid groups (broad SMARTS) is 1. The molecule has 0 bridgehead atoms. The summed E-state index contributed by atoms with van der Waals surface area (Å²) in [5, 5.41) is 8.97. The van der Waals surface area contributed by atoms with Crippen LogP contribution in [0.15, 0.2) is 0 Å². The second-order valence-corrected chi connectivity index (χ2v) is 3.94. The summed E-state index contributed by atoms with van der Waals surface area (Å²) in [6.07, 6.45) is 0.572. The lowest BCUT2D eigenvalue weighted by atomic mass is 10.0. The molecule has 0 radical (unpaired) electrons. The Morgan fingerprint density at radius 3 is 2.88 bits per heavy atom. The summed E-state index contributed by atoms with van der Waals surface area (Å²) in [4.78, 5) is 24.3. The first-order chi connectivity index (χ1) is 7.57. The highest BCUT2D eigenvalue weighted by Crippen LogP contribution is 2.13. The highest BCUT2D eigenvalue weighted by atomic mass is 16.5. The molecule has 1 amide bonds. The van der Waals surface area contributed by atoms with Gasteiger partial charge in [0.2, 0.25) is 5.91 Å². The van der Waals surface area contributed by atoms with Gasteiger partial charge in [0.25, 0.3) is 0 Å². The number of hydrogen-bond donors (Lipinski definition) is 2. The largest absolute Gasteiger partial charge is 0.480 e. The number of aliphatic carboxylic acids is 1. The average Bonchev–Trinajstić information content (AvgIpc) is 2.28. The van der Waals surface area contributed by atoms with Crippen molar-refractivity contribution in [2.75, 3.05) is 26.3 Å². The van der Waals surface area contributed by atoms with Crippen LogP contribution in [0.2, 0.25) is 0 Å². The molecular weight excluding hydrogens is 212 g/mol. The van der Waals surface area contributed by atoms with Crippen molar-refractivity contribution in [2.45, 2.75) is 19.4 Å². The summed E-state index contributed by atoms with van der Waals surface area (Å²) < 4.78 is 5.06. The summed E-state index contributed by atoms with van der Waals surface area (Å²) in [7, 11) is 0. The molecule has 1 saturated heterocycles. The summed E-state index contributed by atoms with van der Waals surface area (Å²) in [6, 6.07) is -0.860. The Morgan fingerprint density at radius 2 is 2.31 bits per heavy atom. The Bertz CT molecular complexity index is 270. The molecule has 92 valence electrons. The zero-order chi connectivity index (χ0) is 12.1. The number of carboxylic acids is 1. The first kappa shape index (κ1) is 12.9. The van der Waals surface area contributed by atoms with Crippen LogP contribution in [0, 0.1) is 5.92 Å². The minimum absolute atomic E-state index is 0.0659. The molecule has 1 aliphatic rings. The monoisotopic (exact) mass is 230 g/mol. The topological polar surface area (TPSA) is 92.9 Å². The highest BCUT2D eigenvalue weighted by molar-refractivity contribution is 5.85. The zero-order valence-corrected chi connectivity index (χ0v) is 9.39. The predicted octanol–water partition coefficient (Wildman–Crippen LogP) is -0.717. The van der Waals surface area contributed by atoms with Crippen LogP contribution in [-0.4, -0.2) is 54.2 Å². The van der Waals surface area contributed by atoms with Gasteiger partial charge in [0.05, 0.1) is 13.2 Å². The van der Waals surface area contributed by atoms with Gasteiger partial charge in [0, 0.05) is 12.5 Å². The van der Waals surface area contributed by atoms with Crippen molar-refractivity contribution >= 4 is 11.9 Å². The number of nitrogens with zero attached hydrogens (tertiary/aromatic N) is 1. The third-order valence-corrected chi connectivity index (χ3v) is 2.72. The maximum Gasteiger partial charge on any atom is 0.328 e. The SMILES string of the molecule is CC(CCN)C(=O)N1CCOCC1C(=O)O. The molecule has 6 nitrogen and oxygen atoms in total. The Morgan fingerprint density at radius 1 is 1.62 bits per heavy atom. The maximum absolute atomic E-state index is 12.0. The molecule has 0 spiro atoms. The molecule has 3 N–H and O–H groups in total.